The predicted molar refractivity (Wildman–Crippen MR) is 551 cm³/mol. The van der Waals surface area contributed by atoms with E-state index < -0.39 is 170 Å². The van der Waals surface area contributed by atoms with Gasteiger partial charge in [0.25, 0.3) is 0 Å². The van der Waals surface area contributed by atoms with E-state index in [0.29, 0.717) is 177 Å². The van der Waals surface area contributed by atoms with Gasteiger partial charge in [-0.1, -0.05) is 102 Å². The van der Waals surface area contributed by atoms with E-state index in [1.807, 2.05) is 109 Å². The third-order valence-electron chi connectivity index (χ3n) is 50.8. The van der Waals surface area contributed by atoms with Crippen LogP contribution in [-0.2, 0) is 57.1 Å². The largest absolute Gasteiger partial charge is 0.487 e. The molecule has 0 aromatic rings. The van der Waals surface area contributed by atoms with Crippen LogP contribution >= 0.6 is 0 Å². The minimum Gasteiger partial charge on any atom is -0.487 e. The third kappa shape index (κ3) is 12.0. The molecule has 816 valence electrons. The van der Waals surface area contributed by atoms with E-state index in [0.717, 1.165) is 44.6 Å². The Kier molecular flexibility index (Phi) is 23.9. The summed E-state index contributed by atoms with van der Waals surface area (Å²) in [6, 6.07) is 0. The van der Waals surface area contributed by atoms with Crippen LogP contribution in [0.1, 0.15) is 332 Å². The summed E-state index contributed by atoms with van der Waals surface area (Å²) in [4.78, 5) is 53.9. The maximum absolute atomic E-state index is 13.5. The van der Waals surface area contributed by atoms with Gasteiger partial charge < -0.3 is 109 Å². The molecular formula is C122H172O26. The summed E-state index contributed by atoms with van der Waals surface area (Å²) < 4.78 is 49.7. The highest BCUT2D eigenvalue weighted by Crippen LogP contribution is 2.83. The van der Waals surface area contributed by atoms with Crippen LogP contribution in [0.4, 0.5) is 0 Å². The zero-order chi connectivity index (χ0) is 108. The van der Waals surface area contributed by atoms with Crippen LogP contribution < -0.4 is 0 Å². The van der Waals surface area contributed by atoms with Gasteiger partial charge in [0, 0.05) is 59.2 Å². The van der Waals surface area contributed by atoms with Crippen molar-refractivity contribution in [2.75, 3.05) is 0 Å². The number of carbonyl (C=O) groups excluding carboxylic acids is 4. The van der Waals surface area contributed by atoms with E-state index in [4.69, 9.17) is 37.9 Å². The van der Waals surface area contributed by atoms with Gasteiger partial charge in [0.05, 0.1) is 68.5 Å². The molecule has 4 saturated heterocycles. The average Bonchev–Trinajstić information content (AvgIpc) is 1.48. The zero-order valence-corrected chi connectivity index (χ0v) is 92.0. The molecule has 8 aliphatic heterocycles. The van der Waals surface area contributed by atoms with Crippen molar-refractivity contribution in [3.05, 3.63) is 143 Å². The number of hydrogen-bond acceptors (Lipinski definition) is 26. The molecule has 44 atom stereocenters. The van der Waals surface area contributed by atoms with Crippen LogP contribution in [-0.4, -0.2) is 245 Å². The van der Waals surface area contributed by atoms with Crippen molar-refractivity contribution in [2.24, 2.45) is 102 Å². The molecular weight excluding hydrogens is 1880 g/mol. The number of aliphatic hydroxyl groups is 14. The summed E-state index contributed by atoms with van der Waals surface area (Å²) >= 11 is 0. The second-order valence-corrected chi connectivity index (χ2v) is 53.7. The lowest BCUT2D eigenvalue weighted by Gasteiger charge is -2.64. The van der Waals surface area contributed by atoms with Crippen LogP contribution in [0.15, 0.2) is 143 Å². The van der Waals surface area contributed by atoms with Gasteiger partial charge in [-0.2, -0.15) is 0 Å². The van der Waals surface area contributed by atoms with Crippen LogP contribution in [0.2, 0.25) is 0 Å². The van der Waals surface area contributed by atoms with Crippen molar-refractivity contribution in [3.8, 4) is 0 Å². The molecule has 14 N–H and O–H groups in total. The highest BCUT2D eigenvalue weighted by molar-refractivity contribution is 6.00. The molecule has 16 fully saturated rings. The van der Waals surface area contributed by atoms with Gasteiger partial charge in [-0.25, -0.2) is 0 Å². The van der Waals surface area contributed by atoms with Gasteiger partial charge >= 0.3 is 0 Å². The van der Waals surface area contributed by atoms with E-state index in [9.17, 15) is 90.7 Å². The first kappa shape index (κ1) is 108. The summed E-state index contributed by atoms with van der Waals surface area (Å²) in [6.07, 6.45) is 21.6. The molecule has 8 heterocycles. The van der Waals surface area contributed by atoms with Crippen LogP contribution in [0.3, 0.4) is 0 Å². The Bertz CT molecular complexity index is 5250. The molecule has 26 nitrogen and oxygen atoms in total. The van der Waals surface area contributed by atoms with Crippen LogP contribution in [0.25, 0.3) is 0 Å². The first-order valence-electron chi connectivity index (χ1n) is 56.5. The van der Waals surface area contributed by atoms with Crippen molar-refractivity contribution in [1.29, 1.82) is 0 Å². The third-order valence-corrected chi connectivity index (χ3v) is 50.8. The molecule has 4 spiro atoms. The van der Waals surface area contributed by atoms with Crippen molar-refractivity contribution in [3.63, 3.8) is 0 Å². The Morgan fingerprint density at radius 3 is 0.716 bits per heavy atom. The molecule has 24 rings (SSSR count). The number of aliphatic hydroxyl groups excluding tert-OH is 2. The van der Waals surface area contributed by atoms with Gasteiger partial charge in [-0.05, 0) is 371 Å². The fourth-order valence-electron chi connectivity index (χ4n) is 41.0. The monoisotopic (exact) mass is 2050 g/mol. The van der Waals surface area contributed by atoms with Crippen molar-refractivity contribution >= 4 is 23.1 Å². The molecule has 0 aromatic heterocycles. The molecule has 0 aromatic carbocycles. The second kappa shape index (κ2) is 32.9. The van der Waals surface area contributed by atoms with E-state index in [1.54, 1.807) is 52.0 Å². The molecule has 0 unspecified atom stereocenters. The number of rotatable bonds is 12. The SMILES string of the molecule is C=C1O[C@@H]([C@](C)(O)[C@]2(O)CC[C@@]3(O)[C@@H]4C[C@H]5O[C@]56[C@@H](C)C=CC(=O)[C@]6(C)[C@H]4CC[C@]23CC)CC(C)=C1C.C=C1O[C@@H]([C@](C)(O)[C@]2(O)CC[C@@]3(O)[C@@H]4C[C@H]5O[C@]56[C@@H](O)C=CC(=O)[C@]6(C)[C@H]4CC[C@]23CC)CC(C)=C1C.C=C1O[C@@H]([C@](C)(O)[C@]2(O)CC[C@@]3(O)[C@@H]4C[C@H]5O[C@]56[C@H](C)C=CC(=O)[C@]6(C)[C@H]4CC[C@]23CC)CC(C)=C1C.C=C1O[C@@H]([C@](C)(O)[C@]2(O)CC[C@@]3(O)[C@@H]4C[C@H]5O[C@]56[C@H](O)C=CC(=O)[C@]6(C)[C@H]4CC[C@]23CC)CC(C)=C1C. The lowest BCUT2D eigenvalue weighted by Crippen LogP contribution is -2.74. The maximum atomic E-state index is 13.5. The standard InChI is InChI=1S/2C31H44O6.2C30H42O7/c2*1-8-28-12-11-21-22(16-25-31(37-25)18(3)9-10-23(32)26(21,31)6)29(28,34)13-14-30(28,35)27(7,33)24-15-17(2)19(4)20(5)36-24;2*1-7-27-11-10-19-20(15-24-30(37-24)22(32)9-8-21(31)25(19,30)5)28(27,34)12-13-29(27,35)26(6,33)23-14-16(2)17(3)18(4)36-23/h2*9-10,18,21-22,24-25,33-35H,5,8,11-16H2,1-4,6-7H3;2*8-9,19-20,22-24,32-35H,4,7,10-15H2,1-3,5-6H3/t18-,21+,22-,24-,25-,26+,27+,28+,29-,30-,31-;18-,21-,22+,24+,25+,26-,27-,28-,29+,30+,31+;19-,20+,22+,23+,24+,25-,26-,27-,28+,29+,30+;19-,20+,22-,23+,24+,25-,26-,27-,28+,29+,30+/m1000/s1. The Morgan fingerprint density at radius 1 is 0.311 bits per heavy atom. The number of fused-ring (bicyclic) bond motifs is 16. The quantitative estimate of drug-likeness (QED) is 0.0807. The first-order valence-corrected chi connectivity index (χ1v) is 56.5. The van der Waals surface area contributed by atoms with Crippen molar-refractivity contribution in [1.82, 2.24) is 0 Å². The highest BCUT2D eigenvalue weighted by Gasteiger charge is 2.91. The number of epoxide rings is 4. The minimum atomic E-state index is -1.65. The normalized spacial score (nSPS) is 54.0. The number of allylic oxidation sites excluding steroid dienone is 8. The second-order valence-electron chi connectivity index (χ2n) is 53.7. The summed E-state index contributed by atoms with van der Waals surface area (Å²) in [5, 5.41) is 172. The lowest BCUT2D eigenvalue weighted by molar-refractivity contribution is -0.289. The van der Waals surface area contributed by atoms with E-state index in [1.165, 1.54) is 12.2 Å². The summed E-state index contributed by atoms with van der Waals surface area (Å²) in [5.74, 6) is 0.972. The fraction of sp³-hybridized carbons (Fsp3) is 0.770. The molecule has 12 saturated carbocycles. The number of ether oxygens (including phenoxy) is 8. The molecule has 26 heteroatoms. The van der Waals surface area contributed by atoms with Gasteiger partial charge in [-0.3, -0.25) is 19.2 Å². The summed E-state index contributed by atoms with van der Waals surface area (Å²) in [5.41, 5.74) is -19.6. The molecule has 0 bridgehead atoms. The zero-order valence-electron chi connectivity index (χ0n) is 92.0. The Morgan fingerprint density at radius 2 is 0.507 bits per heavy atom. The maximum Gasteiger partial charge on any atom is 0.164 e. The molecule has 0 radical (unpaired) electrons. The van der Waals surface area contributed by atoms with Gasteiger partial charge in [-0.15, -0.1) is 0 Å². The lowest BCUT2D eigenvalue weighted by atomic mass is 9.41. The van der Waals surface area contributed by atoms with Gasteiger partial charge in [0.1, 0.15) is 127 Å². The van der Waals surface area contributed by atoms with E-state index in [-0.39, 0.29) is 132 Å². The summed E-state index contributed by atoms with van der Waals surface area (Å²) in [7, 11) is 0. The van der Waals surface area contributed by atoms with Crippen LogP contribution in [0.5, 0.6) is 0 Å². The molecule has 148 heavy (non-hydrogen) atoms. The summed E-state index contributed by atoms with van der Waals surface area (Å²) in [6.45, 7) is 58.8. The number of carbonyl (C=O) groups is 4. The minimum absolute atomic E-state index is 0.0401. The van der Waals surface area contributed by atoms with Crippen LogP contribution in [0, 0.1) is 102 Å². The molecule has 0 amide bonds. The van der Waals surface area contributed by atoms with Crippen molar-refractivity contribution < 1.29 is 129 Å². The molecule has 24 aliphatic rings. The predicted octanol–water partition coefficient (Wildman–Crippen LogP) is 15.0. The average molecular weight is 2050 g/mol. The Balaban J connectivity index is 0.000000116. The first-order chi connectivity index (χ1) is 68.7. The number of hydrogen-bond donors (Lipinski definition) is 14. The van der Waals surface area contributed by atoms with E-state index in [2.05, 4.69) is 54.0 Å². The number of ketones is 4. The Labute approximate surface area is 874 Å². The van der Waals surface area contributed by atoms with Gasteiger partial charge in [0.2, 0.25) is 0 Å². The smallest absolute Gasteiger partial charge is 0.164 e. The van der Waals surface area contributed by atoms with E-state index >= 15 is 0 Å². The van der Waals surface area contributed by atoms with Crippen molar-refractivity contribution in [2.45, 2.75) is 483 Å². The topological polar surface area (TPSA) is 439 Å². The fourth-order valence-corrected chi connectivity index (χ4v) is 41.0. The highest BCUT2D eigenvalue weighted by atomic mass is 16.6. The Hall–Kier alpha value is -5.96. The molecule has 16 aliphatic carbocycles. The van der Waals surface area contributed by atoms with Gasteiger partial charge in [0.15, 0.2) is 23.1 Å².